The molecule has 138 valence electrons. The predicted molar refractivity (Wildman–Crippen MR) is 85.3 cm³/mol. The van der Waals surface area contributed by atoms with E-state index in [1.54, 1.807) is 0 Å². The number of ether oxygens (including phenoxy) is 1. The average molecular weight is 352 g/mol. The number of rotatable bonds is 7. The van der Waals surface area contributed by atoms with Gasteiger partial charge in [0, 0.05) is 0 Å². The van der Waals surface area contributed by atoms with Gasteiger partial charge in [-0.15, -0.1) is 0 Å². The third-order valence-corrected chi connectivity index (χ3v) is 5.55. The molecule has 3 fully saturated rings. The van der Waals surface area contributed by atoms with Gasteiger partial charge in [0.05, 0.1) is 24.0 Å². The summed E-state index contributed by atoms with van der Waals surface area (Å²) in [4.78, 5) is 50.1. The minimum absolute atomic E-state index is 0.233. The quantitative estimate of drug-likeness (QED) is 0.637. The van der Waals surface area contributed by atoms with Crippen molar-refractivity contribution in [2.45, 2.75) is 70.2 Å². The van der Waals surface area contributed by atoms with Gasteiger partial charge in [0.25, 0.3) is 0 Å². The van der Waals surface area contributed by atoms with Crippen LogP contribution in [0.2, 0.25) is 0 Å². The van der Waals surface area contributed by atoms with Crippen molar-refractivity contribution in [3.05, 3.63) is 0 Å². The lowest BCUT2D eigenvalue weighted by atomic mass is 9.81. The van der Waals surface area contributed by atoms with Gasteiger partial charge in [-0.2, -0.15) is 0 Å². The highest BCUT2D eigenvalue weighted by atomic mass is 16.5. The lowest BCUT2D eigenvalue weighted by Crippen LogP contribution is -2.52. The molecule has 6 unspecified atom stereocenters. The van der Waals surface area contributed by atoms with E-state index in [9.17, 15) is 24.3 Å². The first kappa shape index (κ1) is 17.8. The first-order valence-corrected chi connectivity index (χ1v) is 8.92. The molecule has 2 bridgehead atoms. The molecule has 3 rings (SSSR count). The van der Waals surface area contributed by atoms with Crippen LogP contribution in [0.5, 0.6) is 0 Å². The number of nitrogens with zero attached hydrogens (tertiary/aromatic N) is 1. The molecule has 0 saturated carbocycles. The van der Waals surface area contributed by atoms with Crippen LogP contribution in [0.15, 0.2) is 0 Å². The lowest BCUT2D eigenvalue weighted by molar-refractivity contribution is -0.150. The number of nitrogens with one attached hydrogen (secondary N) is 1. The normalized spacial score (nSPS) is 32.6. The van der Waals surface area contributed by atoms with Crippen LogP contribution in [-0.2, 0) is 23.9 Å². The molecule has 6 atom stereocenters. The molecular weight excluding hydrogens is 328 g/mol. The van der Waals surface area contributed by atoms with Gasteiger partial charge in [-0.25, -0.2) is 4.79 Å². The Morgan fingerprint density at radius 3 is 2.28 bits per heavy atom. The molecule has 3 aliphatic heterocycles. The van der Waals surface area contributed by atoms with Crippen molar-refractivity contribution in [1.29, 1.82) is 0 Å². The number of carbonyl (C=O) groups excluding carboxylic acids is 3. The molecule has 0 aromatic rings. The minimum atomic E-state index is -1.11. The molecule has 3 heterocycles. The van der Waals surface area contributed by atoms with Gasteiger partial charge in [-0.3, -0.25) is 19.3 Å². The van der Waals surface area contributed by atoms with Crippen LogP contribution in [0, 0.1) is 11.8 Å². The number of imide groups is 1. The van der Waals surface area contributed by atoms with Crippen molar-refractivity contribution in [3.63, 3.8) is 0 Å². The summed E-state index contributed by atoms with van der Waals surface area (Å²) in [6.07, 6.45) is 2.85. The lowest BCUT2D eigenvalue weighted by Gasteiger charge is -2.25. The van der Waals surface area contributed by atoms with E-state index in [2.05, 4.69) is 5.32 Å². The highest BCUT2D eigenvalue weighted by Crippen LogP contribution is 2.48. The topological polar surface area (TPSA) is 113 Å². The second kappa shape index (κ2) is 6.74. The molecule has 0 spiro atoms. The Hall–Kier alpha value is -1.96. The standard InChI is InChI=1S/C17H24N2O6/c1-3-4-5-9(17(23)24)18-14(20)8(2)19-15(21)12-10-6-7-11(25-10)13(12)16(19)22/h8-13H,3-7H2,1-2H3,(H,18,20)(H,23,24). The van der Waals surface area contributed by atoms with Crippen LogP contribution < -0.4 is 5.32 Å². The van der Waals surface area contributed by atoms with Crippen molar-refractivity contribution >= 4 is 23.7 Å². The molecule has 3 aliphatic rings. The molecule has 0 radical (unpaired) electrons. The van der Waals surface area contributed by atoms with E-state index in [1.165, 1.54) is 6.92 Å². The van der Waals surface area contributed by atoms with Crippen molar-refractivity contribution in [1.82, 2.24) is 10.2 Å². The predicted octanol–water partition coefficient (Wildman–Crippen LogP) is 0.297. The summed E-state index contributed by atoms with van der Waals surface area (Å²) in [5, 5.41) is 11.7. The number of carbonyl (C=O) groups is 4. The van der Waals surface area contributed by atoms with Gasteiger partial charge < -0.3 is 15.2 Å². The third kappa shape index (κ3) is 2.92. The molecule has 3 amide bonds. The maximum atomic E-state index is 12.7. The number of unbranched alkanes of at least 4 members (excludes halogenated alkanes) is 1. The maximum Gasteiger partial charge on any atom is 0.326 e. The second-order valence-electron chi connectivity index (χ2n) is 7.11. The number of likely N-dealkylation sites (tertiary alicyclic amines) is 1. The number of carboxylic acids is 1. The third-order valence-electron chi connectivity index (χ3n) is 5.55. The molecule has 3 saturated heterocycles. The highest BCUT2D eigenvalue weighted by molar-refractivity contribution is 6.09. The van der Waals surface area contributed by atoms with E-state index in [0.717, 1.165) is 24.2 Å². The summed E-state index contributed by atoms with van der Waals surface area (Å²) in [6.45, 7) is 3.40. The van der Waals surface area contributed by atoms with Crippen molar-refractivity contribution < 1.29 is 29.0 Å². The zero-order valence-corrected chi connectivity index (χ0v) is 14.4. The maximum absolute atomic E-state index is 12.7. The van der Waals surface area contributed by atoms with Crippen LogP contribution in [0.1, 0.15) is 46.0 Å². The Labute approximate surface area is 145 Å². The summed E-state index contributed by atoms with van der Waals surface area (Å²) in [7, 11) is 0. The molecule has 8 nitrogen and oxygen atoms in total. The number of aliphatic carboxylic acids is 1. The monoisotopic (exact) mass is 352 g/mol. The molecule has 25 heavy (non-hydrogen) atoms. The first-order chi connectivity index (χ1) is 11.9. The fourth-order valence-corrected chi connectivity index (χ4v) is 4.19. The van der Waals surface area contributed by atoms with Gasteiger partial charge in [0.1, 0.15) is 12.1 Å². The van der Waals surface area contributed by atoms with Gasteiger partial charge in [0.2, 0.25) is 17.7 Å². The molecule has 0 aliphatic carbocycles. The molecule has 8 heteroatoms. The fraction of sp³-hybridized carbons (Fsp3) is 0.765. The number of hydrogen-bond donors (Lipinski definition) is 2. The Balaban J connectivity index is 1.69. The Kier molecular flexibility index (Phi) is 4.81. The smallest absolute Gasteiger partial charge is 0.326 e. The zero-order chi connectivity index (χ0) is 18.3. The van der Waals surface area contributed by atoms with E-state index in [4.69, 9.17) is 4.74 Å². The molecule has 0 aromatic carbocycles. The second-order valence-corrected chi connectivity index (χ2v) is 7.11. The molecule has 0 aromatic heterocycles. The molecular formula is C17H24N2O6. The summed E-state index contributed by atoms with van der Waals surface area (Å²) in [5.74, 6) is -3.45. The van der Waals surface area contributed by atoms with E-state index < -0.39 is 35.8 Å². The van der Waals surface area contributed by atoms with E-state index in [-0.39, 0.29) is 24.0 Å². The van der Waals surface area contributed by atoms with Crippen LogP contribution >= 0.6 is 0 Å². The summed E-state index contributed by atoms with van der Waals surface area (Å²) >= 11 is 0. The van der Waals surface area contributed by atoms with E-state index in [0.29, 0.717) is 12.8 Å². The van der Waals surface area contributed by atoms with Crippen molar-refractivity contribution in [2.24, 2.45) is 11.8 Å². The largest absolute Gasteiger partial charge is 0.480 e. The number of fused-ring (bicyclic) bond motifs is 5. The average Bonchev–Trinajstić information content (AvgIpc) is 3.24. The van der Waals surface area contributed by atoms with E-state index >= 15 is 0 Å². The molecule has 2 N–H and O–H groups in total. The van der Waals surface area contributed by atoms with Crippen LogP contribution in [0.4, 0.5) is 0 Å². The zero-order valence-electron chi connectivity index (χ0n) is 14.4. The highest BCUT2D eigenvalue weighted by Gasteiger charge is 2.63. The Bertz CT molecular complexity index is 578. The van der Waals surface area contributed by atoms with Gasteiger partial charge in [0.15, 0.2) is 0 Å². The Morgan fingerprint density at radius 1 is 1.24 bits per heavy atom. The van der Waals surface area contributed by atoms with Crippen molar-refractivity contribution in [3.8, 4) is 0 Å². The fourth-order valence-electron chi connectivity index (χ4n) is 4.19. The van der Waals surface area contributed by atoms with E-state index in [1.807, 2.05) is 6.92 Å². The number of amides is 3. The van der Waals surface area contributed by atoms with Gasteiger partial charge >= 0.3 is 5.97 Å². The number of hydrogen-bond acceptors (Lipinski definition) is 5. The number of carboxylic acid groups (broad SMARTS) is 1. The summed E-state index contributed by atoms with van der Waals surface area (Å²) < 4.78 is 5.66. The summed E-state index contributed by atoms with van der Waals surface area (Å²) in [5.41, 5.74) is 0. The first-order valence-electron chi connectivity index (χ1n) is 8.92. The Morgan fingerprint density at radius 2 is 1.80 bits per heavy atom. The van der Waals surface area contributed by atoms with Crippen LogP contribution in [0.25, 0.3) is 0 Å². The van der Waals surface area contributed by atoms with Crippen molar-refractivity contribution in [2.75, 3.05) is 0 Å². The van der Waals surface area contributed by atoms with Crippen LogP contribution in [-0.4, -0.2) is 58.0 Å². The van der Waals surface area contributed by atoms with Gasteiger partial charge in [-0.1, -0.05) is 19.8 Å². The van der Waals surface area contributed by atoms with Crippen LogP contribution in [0.3, 0.4) is 0 Å². The SMILES string of the molecule is CCCCC(NC(=O)C(C)N1C(=O)C2C3CCC(O3)C2C1=O)C(=O)O. The minimum Gasteiger partial charge on any atom is -0.480 e. The summed E-state index contributed by atoms with van der Waals surface area (Å²) in [6, 6.07) is -2.03. The van der Waals surface area contributed by atoms with Gasteiger partial charge in [-0.05, 0) is 26.2 Å².